The van der Waals surface area contributed by atoms with Crippen LogP contribution in [-0.4, -0.2) is 146 Å². The third-order valence-corrected chi connectivity index (χ3v) is 17.4. The lowest BCUT2D eigenvalue weighted by atomic mass is 9.99. The highest BCUT2D eigenvalue weighted by Gasteiger charge is 2.36. The molecule has 1 aliphatic heterocycles. The second-order valence-corrected chi connectivity index (χ2v) is 25.0. The number of unbranched alkanes of at least 4 members (excludes halogenated alkanes) is 4. The summed E-state index contributed by atoms with van der Waals surface area (Å²) >= 11 is 0. The van der Waals surface area contributed by atoms with Crippen LogP contribution in [0.1, 0.15) is 107 Å². The van der Waals surface area contributed by atoms with E-state index < -0.39 is 120 Å². The molecule has 1 saturated heterocycles. The van der Waals surface area contributed by atoms with Gasteiger partial charge in [0.1, 0.15) is 48.3 Å². The van der Waals surface area contributed by atoms with Crippen molar-refractivity contribution in [1.82, 2.24) is 47.9 Å². The molecule has 1 fully saturated rings. The first-order valence-corrected chi connectivity index (χ1v) is 34.0. The van der Waals surface area contributed by atoms with Crippen LogP contribution in [0.2, 0.25) is 0 Å². The highest BCUT2D eigenvalue weighted by atomic mass is 16.2. The van der Waals surface area contributed by atoms with Crippen molar-refractivity contribution in [2.24, 2.45) is 34.4 Å². The third kappa shape index (κ3) is 23.9. The predicted molar refractivity (Wildman–Crippen MR) is 377 cm³/mol. The van der Waals surface area contributed by atoms with Gasteiger partial charge in [-0.3, -0.25) is 47.9 Å². The van der Waals surface area contributed by atoms with Crippen LogP contribution in [0.3, 0.4) is 0 Å². The summed E-state index contributed by atoms with van der Waals surface area (Å²) in [5.74, 6) is -8.28. The van der Waals surface area contributed by atoms with Crippen LogP contribution in [-0.2, 0) is 67.2 Å². The van der Waals surface area contributed by atoms with Crippen molar-refractivity contribution in [3.05, 3.63) is 156 Å². The van der Waals surface area contributed by atoms with Crippen molar-refractivity contribution in [3.63, 3.8) is 0 Å². The maximum atomic E-state index is 15.1. The Balaban J connectivity index is 1.29. The molecule has 0 radical (unpaired) electrons. The van der Waals surface area contributed by atoms with Crippen LogP contribution in [0.25, 0.3) is 32.7 Å². The highest BCUT2D eigenvalue weighted by molar-refractivity contribution is 6.00. The summed E-state index contributed by atoms with van der Waals surface area (Å²) in [6.07, 6.45) is 1.95. The van der Waals surface area contributed by atoms with Gasteiger partial charge >= 0.3 is 0 Å². The van der Waals surface area contributed by atoms with Gasteiger partial charge in [0, 0.05) is 25.8 Å². The zero-order valence-corrected chi connectivity index (χ0v) is 55.6. The maximum Gasteiger partial charge on any atom is 0.243 e. The number of nitrogens with one attached hydrogen (secondary N) is 9. The highest BCUT2D eigenvalue weighted by Crippen LogP contribution is 2.22. The van der Waals surface area contributed by atoms with Crippen LogP contribution < -0.4 is 82.3 Å². The van der Waals surface area contributed by atoms with Gasteiger partial charge in [-0.1, -0.05) is 140 Å². The molecule has 6 aromatic rings. The van der Waals surface area contributed by atoms with Gasteiger partial charge in [-0.15, -0.1) is 0 Å². The number of benzene rings is 6. The van der Waals surface area contributed by atoms with Crippen molar-refractivity contribution >= 4 is 80.6 Å². The maximum absolute atomic E-state index is 15.1. The van der Waals surface area contributed by atoms with E-state index in [1.807, 2.05) is 127 Å². The minimum Gasteiger partial charge on any atom is -0.370 e. The molecule has 0 saturated carbocycles. The molecule has 6 aromatic carbocycles. The van der Waals surface area contributed by atoms with E-state index in [1.165, 1.54) is 0 Å². The number of primary amides is 1. The summed E-state index contributed by atoms with van der Waals surface area (Å²) in [5.41, 5.74) is 39.8. The fourth-order valence-corrected chi connectivity index (χ4v) is 11.8. The van der Waals surface area contributed by atoms with E-state index in [9.17, 15) is 43.2 Å². The summed E-state index contributed by atoms with van der Waals surface area (Å²) in [6.45, 7) is 0.784. The second-order valence-electron chi connectivity index (χ2n) is 25.0. The summed E-state index contributed by atoms with van der Waals surface area (Å²) in [5, 5.41) is 28.6. The largest absolute Gasteiger partial charge is 0.370 e. The quantitative estimate of drug-likeness (QED) is 0.0364. The Morgan fingerprint density at radius 1 is 0.337 bits per heavy atom. The topological polar surface area (TPSA) is 435 Å². The molecule has 0 spiro atoms. The Hall–Kier alpha value is -9.66. The molecule has 524 valence electrons. The van der Waals surface area contributed by atoms with Gasteiger partial charge in [0.15, 0.2) is 0 Å². The lowest BCUT2D eigenvalue weighted by Gasteiger charge is -2.28. The molecular formula is C73H97N15O10. The molecule has 0 aliphatic carbocycles. The van der Waals surface area contributed by atoms with Gasteiger partial charge in [-0.2, -0.15) is 0 Å². The van der Waals surface area contributed by atoms with Crippen LogP contribution >= 0.6 is 0 Å². The summed E-state index contributed by atoms with van der Waals surface area (Å²) in [7, 11) is 0. The number of rotatable bonds is 25. The monoisotopic (exact) mass is 1340 g/mol. The van der Waals surface area contributed by atoms with Crippen LogP contribution in [0, 0.1) is 0 Å². The predicted octanol–water partition coefficient (Wildman–Crippen LogP) is 1.80. The van der Waals surface area contributed by atoms with Crippen LogP contribution in [0.4, 0.5) is 0 Å². The van der Waals surface area contributed by atoms with Crippen molar-refractivity contribution < 1.29 is 47.9 Å². The van der Waals surface area contributed by atoms with E-state index in [0.717, 1.165) is 32.7 Å². The van der Waals surface area contributed by atoms with E-state index in [-0.39, 0.29) is 90.5 Å². The van der Waals surface area contributed by atoms with E-state index in [0.29, 0.717) is 61.6 Å². The zero-order chi connectivity index (χ0) is 70.3. The number of fused-ring (bicyclic) bond motifs is 2. The standard InChI is InChI=1S/C73H97N15O10/c74-35-12-8-22-56-67(92)81-57(23-9-13-36-75)68(93)86-60(42-46-26-30-52(31-27-46)49-16-2-1-3-17-49)66(91)80-39-34-55(78)65(90)85-61(43-47-28-32-50-18-4-6-20-53(50)40-47)71(96)83-59(25-11-15-38-77)70(95)88-63(45-64(79)89)73(98)84-58(24-10-14-37-76)69(94)87-62(72(97)82-56)44-48-29-33-51-19-5-7-21-54(51)41-48/h1-7,16-21,26-33,40-41,55-63H,8-15,22-25,34-39,42-45,74-78H2,(H2,79,89)(H,80,91)(H,81,92)(H,82,97)(H,83,96)(H,84,98)(H,85,90)(H,86,93)(H,87,94)(H,88,95)/t55-,56-,57-,58-,59-,60-,61-,62-,63-/m0/s1. The molecule has 0 unspecified atom stereocenters. The lowest BCUT2D eigenvalue weighted by Crippen LogP contribution is -2.61. The minimum absolute atomic E-state index is 0.0226. The number of hydrogen-bond acceptors (Lipinski definition) is 15. The van der Waals surface area contributed by atoms with Gasteiger partial charge in [-0.05, 0) is 159 Å². The first-order chi connectivity index (χ1) is 47.4. The molecular weight excluding hydrogens is 1250 g/mol. The fourth-order valence-electron chi connectivity index (χ4n) is 11.8. The second kappa shape index (κ2) is 39.5. The van der Waals surface area contributed by atoms with E-state index in [2.05, 4.69) is 47.9 Å². The number of hydrogen-bond donors (Lipinski definition) is 15. The van der Waals surface area contributed by atoms with Gasteiger partial charge in [0.2, 0.25) is 59.1 Å². The van der Waals surface area contributed by atoms with Gasteiger partial charge in [-0.25, -0.2) is 0 Å². The van der Waals surface area contributed by atoms with Crippen molar-refractivity contribution in [1.29, 1.82) is 0 Å². The van der Waals surface area contributed by atoms with Crippen molar-refractivity contribution in [2.75, 3.05) is 32.7 Å². The molecule has 0 bridgehead atoms. The van der Waals surface area contributed by atoms with Gasteiger partial charge in [0.25, 0.3) is 0 Å². The van der Waals surface area contributed by atoms with E-state index in [4.69, 9.17) is 34.4 Å². The summed E-state index contributed by atoms with van der Waals surface area (Å²) in [6, 6.07) is 30.7. The first-order valence-electron chi connectivity index (χ1n) is 34.0. The van der Waals surface area contributed by atoms with Crippen LogP contribution in [0.15, 0.2) is 140 Å². The molecule has 10 amide bonds. The number of nitrogens with two attached hydrogens (primary N) is 6. The third-order valence-electron chi connectivity index (χ3n) is 17.4. The molecule has 25 nitrogen and oxygen atoms in total. The molecule has 25 heteroatoms. The van der Waals surface area contributed by atoms with Crippen molar-refractivity contribution in [3.8, 4) is 11.1 Å². The minimum atomic E-state index is -1.71. The average Bonchev–Trinajstić information content (AvgIpc) is 0.850. The number of amides is 10. The fraction of sp³-hybridized carbons (Fsp3) is 0.425. The first kappa shape index (κ1) is 75.7. The Morgan fingerprint density at radius 2 is 0.653 bits per heavy atom. The molecule has 0 aromatic heterocycles. The summed E-state index contributed by atoms with van der Waals surface area (Å²) in [4.78, 5) is 146. The molecule has 98 heavy (non-hydrogen) atoms. The SMILES string of the molecule is NCCCC[C@@H]1NC(=O)[C@H](CCCCN)NC(=O)[C@H](Cc2ccc3ccccc3c2)NC(=O)[C@H](CCCCN)NC(=O)[C@H](CC(N)=O)NC(=O)[C@H](CCCCN)NC(=O)[C@H](Cc2ccc3ccccc3c2)NC(=O)[C@@H](N)CCNC(=O)[C@H](Cc2ccc(-c3ccccc3)cc2)NC1=O. The molecule has 7 rings (SSSR count). The van der Waals surface area contributed by atoms with Gasteiger partial charge in [0.05, 0.1) is 12.5 Å². The molecule has 21 N–H and O–H groups in total. The number of carbonyl (C=O) groups excluding carboxylic acids is 10. The smallest absolute Gasteiger partial charge is 0.243 e. The Bertz CT molecular complexity index is 3650. The Kier molecular flexibility index (Phi) is 30.5. The Labute approximate surface area is 572 Å². The number of carbonyl (C=O) groups is 10. The normalized spacial score (nSPS) is 21.7. The Morgan fingerprint density at radius 3 is 1.06 bits per heavy atom. The average molecular weight is 1340 g/mol. The van der Waals surface area contributed by atoms with Crippen molar-refractivity contribution in [2.45, 2.75) is 164 Å². The van der Waals surface area contributed by atoms with Crippen LogP contribution in [0.5, 0.6) is 0 Å². The summed E-state index contributed by atoms with van der Waals surface area (Å²) < 4.78 is 0. The molecule has 1 heterocycles. The lowest BCUT2D eigenvalue weighted by molar-refractivity contribution is -0.136. The molecule has 1 aliphatic rings. The van der Waals surface area contributed by atoms with E-state index in [1.54, 1.807) is 12.1 Å². The van der Waals surface area contributed by atoms with E-state index >= 15 is 4.79 Å². The molecule has 9 atom stereocenters. The van der Waals surface area contributed by atoms with Gasteiger partial charge < -0.3 is 82.3 Å². The zero-order valence-electron chi connectivity index (χ0n) is 55.6.